The third kappa shape index (κ3) is 7.65. The van der Waals surface area contributed by atoms with Crippen LogP contribution in [0, 0.1) is 0 Å². The van der Waals surface area contributed by atoms with Gasteiger partial charge in [0, 0.05) is 32.1 Å². The molecule has 1 saturated heterocycles. The van der Waals surface area contributed by atoms with E-state index in [9.17, 15) is 13.2 Å². The van der Waals surface area contributed by atoms with E-state index in [2.05, 4.69) is 14.9 Å². The summed E-state index contributed by atoms with van der Waals surface area (Å²) in [4.78, 5) is 14.7. The van der Waals surface area contributed by atoms with E-state index in [1.165, 1.54) is 6.42 Å². The average molecular weight is 438 g/mol. The molecule has 0 atom stereocenters. The first kappa shape index (κ1) is 23.2. The van der Waals surface area contributed by atoms with Gasteiger partial charge in [-0.1, -0.05) is 31.4 Å². The molecule has 1 aliphatic heterocycles. The van der Waals surface area contributed by atoms with E-state index in [4.69, 9.17) is 4.74 Å². The summed E-state index contributed by atoms with van der Waals surface area (Å²) >= 11 is 0. The Hall–Kier alpha value is -1.48. The number of ether oxygens (including phenoxy) is 1. The van der Waals surface area contributed by atoms with Crippen LogP contribution >= 0.6 is 0 Å². The number of carbonyl (C=O) groups excluding carboxylic acids is 1. The third-order valence-electron chi connectivity index (χ3n) is 5.88. The van der Waals surface area contributed by atoms with Gasteiger partial charge >= 0.3 is 0 Å². The van der Waals surface area contributed by atoms with Crippen LogP contribution in [-0.2, 0) is 26.0 Å². The molecular formula is C22H35N3O4S. The topological polar surface area (TPSA) is 87.7 Å². The van der Waals surface area contributed by atoms with E-state index in [-0.39, 0.29) is 11.9 Å². The van der Waals surface area contributed by atoms with E-state index in [1.807, 2.05) is 0 Å². The highest BCUT2D eigenvalue weighted by atomic mass is 32.2. The number of benzene rings is 1. The lowest BCUT2D eigenvalue weighted by atomic mass is 9.96. The summed E-state index contributed by atoms with van der Waals surface area (Å²) in [5.74, 6) is 0.0349. The normalized spacial score (nSPS) is 18.9. The Morgan fingerprint density at radius 2 is 1.77 bits per heavy atom. The van der Waals surface area contributed by atoms with Crippen LogP contribution in [-0.4, -0.2) is 64.7 Å². The van der Waals surface area contributed by atoms with Crippen molar-refractivity contribution in [1.82, 2.24) is 14.9 Å². The molecule has 1 aliphatic carbocycles. The van der Waals surface area contributed by atoms with E-state index >= 15 is 0 Å². The fourth-order valence-corrected chi connectivity index (χ4v) is 5.35. The first-order valence-electron chi connectivity index (χ1n) is 11.2. The predicted octanol–water partition coefficient (Wildman–Crippen LogP) is 2.07. The molecular weight excluding hydrogens is 402 g/mol. The van der Waals surface area contributed by atoms with Crippen LogP contribution in [0.25, 0.3) is 0 Å². The lowest BCUT2D eigenvalue weighted by Crippen LogP contribution is -2.38. The van der Waals surface area contributed by atoms with Crippen LogP contribution in [0.15, 0.2) is 29.2 Å². The summed E-state index contributed by atoms with van der Waals surface area (Å²) < 4.78 is 33.3. The second kappa shape index (κ2) is 11.8. The number of aryl methyl sites for hydroxylation is 1. The number of amides is 1. The Balaban J connectivity index is 1.35. The minimum Gasteiger partial charge on any atom is -0.379 e. The van der Waals surface area contributed by atoms with Crippen molar-refractivity contribution in [2.24, 2.45) is 0 Å². The number of hydrogen-bond donors (Lipinski definition) is 2. The number of sulfonamides is 1. The molecule has 0 spiro atoms. The monoisotopic (exact) mass is 437 g/mol. The maximum atomic E-state index is 12.6. The molecule has 30 heavy (non-hydrogen) atoms. The number of rotatable bonds is 10. The van der Waals surface area contributed by atoms with E-state index in [0.717, 1.165) is 70.5 Å². The highest BCUT2D eigenvalue weighted by Gasteiger charge is 2.21. The molecule has 168 valence electrons. The standard InChI is InChI=1S/C22H35N3O4S/c26-22(23-13-4-14-25-15-17-29-18-16-25)12-9-19-7-10-21(11-8-19)30(27,28)24-20-5-2-1-3-6-20/h7-8,10-11,20,24H,1-6,9,12-18H2,(H,23,26). The van der Waals surface area contributed by atoms with Gasteiger partial charge in [0.25, 0.3) is 0 Å². The van der Waals surface area contributed by atoms with Gasteiger partial charge in [0.1, 0.15) is 0 Å². The molecule has 2 fully saturated rings. The van der Waals surface area contributed by atoms with Gasteiger partial charge in [0.2, 0.25) is 15.9 Å². The number of morpholine rings is 1. The van der Waals surface area contributed by atoms with E-state index in [1.54, 1.807) is 24.3 Å². The molecule has 2 N–H and O–H groups in total. The second-order valence-electron chi connectivity index (χ2n) is 8.26. The lowest BCUT2D eigenvalue weighted by molar-refractivity contribution is -0.121. The number of carbonyl (C=O) groups is 1. The minimum atomic E-state index is -3.47. The van der Waals surface area contributed by atoms with Crippen LogP contribution in [0.2, 0.25) is 0 Å². The summed E-state index contributed by atoms with van der Waals surface area (Å²) in [7, 11) is -3.47. The zero-order valence-electron chi connectivity index (χ0n) is 17.8. The average Bonchev–Trinajstić information content (AvgIpc) is 2.77. The first-order valence-corrected chi connectivity index (χ1v) is 12.7. The largest absolute Gasteiger partial charge is 0.379 e. The molecule has 3 rings (SSSR count). The Morgan fingerprint density at radius 1 is 1.07 bits per heavy atom. The zero-order chi connectivity index (χ0) is 21.2. The molecule has 0 radical (unpaired) electrons. The minimum absolute atomic E-state index is 0.0349. The first-order chi connectivity index (χ1) is 14.5. The SMILES string of the molecule is O=C(CCc1ccc(S(=O)(=O)NC2CCCCC2)cc1)NCCCN1CCOCC1. The molecule has 1 amide bonds. The van der Waals surface area contributed by atoms with Gasteiger partial charge < -0.3 is 10.1 Å². The highest BCUT2D eigenvalue weighted by Crippen LogP contribution is 2.20. The smallest absolute Gasteiger partial charge is 0.240 e. The summed E-state index contributed by atoms with van der Waals surface area (Å²) in [6, 6.07) is 6.94. The van der Waals surface area contributed by atoms with Crippen molar-refractivity contribution < 1.29 is 17.9 Å². The molecule has 2 aliphatic rings. The number of nitrogens with zero attached hydrogens (tertiary/aromatic N) is 1. The lowest BCUT2D eigenvalue weighted by Gasteiger charge is -2.26. The van der Waals surface area contributed by atoms with Gasteiger partial charge in [-0.05, 0) is 49.9 Å². The van der Waals surface area contributed by atoms with Crippen LogP contribution in [0.1, 0.15) is 50.5 Å². The van der Waals surface area contributed by atoms with Crippen LogP contribution < -0.4 is 10.0 Å². The number of nitrogens with one attached hydrogen (secondary N) is 2. The van der Waals surface area contributed by atoms with E-state index in [0.29, 0.717) is 24.3 Å². The quantitative estimate of drug-likeness (QED) is 0.547. The Bertz CT molecular complexity index is 755. The zero-order valence-corrected chi connectivity index (χ0v) is 18.6. The van der Waals surface area contributed by atoms with Crippen LogP contribution in [0.4, 0.5) is 0 Å². The van der Waals surface area contributed by atoms with E-state index < -0.39 is 10.0 Å². The van der Waals surface area contributed by atoms with Gasteiger partial charge in [-0.25, -0.2) is 13.1 Å². The molecule has 1 aromatic rings. The van der Waals surface area contributed by atoms with Gasteiger partial charge in [-0.15, -0.1) is 0 Å². The van der Waals surface area contributed by atoms with Crippen molar-refractivity contribution in [2.45, 2.75) is 62.3 Å². The maximum absolute atomic E-state index is 12.6. The Labute approximate surface area is 180 Å². The molecule has 1 heterocycles. The van der Waals surface area contributed by atoms with Crippen molar-refractivity contribution >= 4 is 15.9 Å². The van der Waals surface area contributed by atoms with Gasteiger partial charge in [-0.2, -0.15) is 0 Å². The fourth-order valence-electron chi connectivity index (χ4n) is 4.04. The molecule has 0 unspecified atom stereocenters. The molecule has 8 heteroatoms. The highest BCUT2D eigenvalue weighted by molar-refractivity contribution is 7.89. The van der Waals surface area contributed by atoms with Crippen LogP contribution in [0.3, 0.4) is 0 Å². The molecule has 1 aromatic carbocycles. The molecule has 0 aromatic heterocycles. The van der Waals surface area contributed by atoms with Gasteiger partial charge in [-0.3, -0.25) is 9.69 Å². The summed E-state index contributed by atoms with van der Waals surface area (Å²) in [6.07, 6.45) is 7.14. The van der Waals surface area contributed by atoms with Crippen molar-refractivity contribution in [3.8, 4) is 0 Å². The van der Waals surface area contributed by atoms with Crippen molar-refractivity contribution in [2.75, 3.05) is 39.4 Å². The molecule has 7 nitrogen and oxygen atoms in total. The molecule has 0 bridgehead atoms. The molecule has 1 saturated carbocycles. The second-order valence-corrected chi connectivity index (χ2v) is 9.97. The number of hydrogen-bond acceptors (Lipinski definition) is 5. The maximum Gasteiger partial charge on any atom is 0.240 e. The Morgan fingerprint density at radius 3 is 2.47 bits per heavy atom. The van der Waals surface area contributed by atoms with Gasteiger partial charge in [0.05, 0.1) is 18.1 Å². The Kier molecular flexibility index (Phi) is 9.11. The van der Waals surface area contributed by atoms with Gasteiger partial charge in [0.15, 0.2) is 0 Å². The van der Waals surface area contributed by atoms with Crippen molar-refractivity contribution in [3.63, 3.8) is 0 Å². The fraction of sp³-hybridized carbons (Fsp3) is 0.682. The van der Waals surface area contributed by atoms with Crippen LogP contribution in [0.5, 0.6) is 0 Å². The summed E-state index contributed by atoms with van der Waals surface area (Å²) in [6.45, 7) is 5.19. The van der Waals surface area contributed by atoms with Crippen molar-refractivity contribution in [3.05, 3.63) is 29.8 Å². The predicted molar refractivity (Wildman–Crippen MR) is 117 cm³/mol. The summed E-state index contributed by atoms with van der Waals surface area (Å²) in [5.41, 5.74) is 0.968. The van der Waals surface area contributed by atoms with Crippen molar-refractivity contribution in [1.29, 1.82) is 0 Å². The summed E-state index contributed by atoms with van der Waals surface area (Å²) in [5, 5.41) is 2.97. The third-order valence-corrected chi connectivity index (χ3v) is 7.41.